The van der Waals surface area contributed by atoms with E-state index in [2.05, 4.69) is 58.1 Å². The van der Waals surface area contributed by atoms with Crippen LogP contribution in [0.1, 0.15) is 112 Å². The summed E-state index contributed by atoms with van der Waals surface area (Å²) in [6.45, 7) is 16.7. The van der Waals surface area contributed by atoms with Gasteiger partial charge in [0.15, 0.2) is 0 Å². The Labute approximate surface area is 329 Å². The van der Waals surface area contributed by atoms with E-state index in [1.54, 1.807) is 9.80 Å². The number of methoxy groups -OCH3 is 2. The van der Waals surface area contributed by atoms with Crippen molar-refractivity contribution in [2.24, 2.45) is 23.7 Å². The zero-order valence-electron chi connectivity index (χ0n) is 34.0. The fourth-order valence-corrected chi connectivity index (χ4v) is 7.28. The number of nitrogens with one attached hydrogen (secondary N) is 4. The summed E-state index contributed by atoms with van der Waals surface area (Å²) in [5.74, 6) is 14.0. The monoisotopic (exact) mass is 766 g/mol. The highest BCUT2D eigenvalue weighted by Gasteiger charge is 2.41. The van der Waals surface area contributed by atoms with E-state index in [1.807, 2.05) is 65.8 Å². The Morgan fingerprint density at radius 1 is 0.679 bits per heavy atom. The second kappa shape index (κ2) is 17.8. The van der Waals surface area contributed by atoms with Crippen LogP contribution in [0.15, 0.2) is 24.3 Å². The molecule has 2 fully saturated rings. The van der Waals surface area contributed by atoms with Gasteiger partial charge in [-0.2, -0.15) is 0 Å². The second-order valence-electron chi connectivity index (χ2n) is 15.7. The van der Waals surface area contributed by atoms with E-state index in [0.717, 1.165) is 35.4 Å². The van der Waals surface area contributed by atoms with Crippen molar-refractivity contribution in [1.82, 2.24) is 40.4 Å². The van der Waals surface area contributed by atoms with Gasteiger partial charge in [-0.05, 0) is 86.5 Å². The number of alkyl carbamates (subject to hydrolysis) is 2. The standard InChI is InChI=1S/C42H54N8O6/c1-23(2)35(47-41(53)55-9)39(51)49-21-25(5)19-33(49)37-43-27(7)31(45-37)17-15-29-11-13-30(14-12-29)16-18-32-28(8)44-38(46-32)34-20-26(6)22-50(34)40(52)36(24(3)4)48-42(54)56-10/h11-14,23-26,33-36H,19-22H2,1-10H3,(H,43,45)(H,44,46)(H,47,53)(H,48,54). The van der Waals surface area contributed by atoms with Crippen LogP contribution in [0.5, 0.6) is 0 Å². The molecule has 2 aliphatic rings. The van der Waals surface area contributed by atoms with Crippen LogP contribution in [0, 0.1) is 61.2 Å². The topological polar surface area (TPSA) is 175 Å². The molecule has 2 aromatic heterocycles. The highest BCUT2D eigenvalue weighted by atomic mass is 16.5. The van der Waals surface area contributed by atoms with Gasteiger partial charge in [-0.15, -0.1) is 0 Å². The summed E-state index contributed by atoms with van der Waals surface area (Å²) in [6.07, 6.45) is 0.199. The van der Waals surface area contributed by atoms with E-state index < -0.39 is 24.3 Å². The molecule has 2 aliphatic heterocycles. The third-order valence-corrected chi connectivity index (χ3v) is 10.3. The highest BCUT2D eigenvalue weighted by Crippen LogP contribution is 2.36. The summed E-state index contributed by atoms with van der Waals surface area (Å²) in [6, 6.07) is 5.64. The lowest BCUT2D eigenvalue weighted by atomic mass is 10.0. The molecule has 14 nitrogen and oxygen atoms in total. The second-order valence-corrected chi connectivity index (χ2v) is 15.7. The minimum absolute atomic E-state index is 0.129. The third-order valence-electron chi connectivity index (χ3n) is 10.3. The minimum atomic E-state index is -0.718. The summed E-state index contributed by atoms with van der Waals surface area (Å²) in [5, 5.41) is 5.39. The Hall–Kier alpha value is -5.76. The van der Waals surface area contributed by atoms with Gasteiger partial charge in [0.1, 0.15) is 35.1 Å². The molecule has 3 aromatic rings. The van der Waals surface area contributed by atoms with E-state index >= 15 is 0 Å². The number of carbonyl (C=O) groups excluding carboxylic acids is 4. The lowest BCUT2D eigenvalue weighted by Gasteiger charge is -2.30. The van der Waals surface area contributed by atoms with Gasteiger partial charge in [-0.1, -0.05) is 53.4 Å². The zero-order valence-corrected chi connectivity index (χ0v) is 34.0. The number of aryl methyl sites for hydroxylation is 2. The molecule has 4 amide bonds. The van der Waals surface area contributed by atoms with Gasteiger partial charge in [0.05, 0.1) is 26.3 Å². The number of hydrogen-bond acceptors (Lipinski definition) is 8. The number of benzene rings is 1. The Balaban J connectivity index is 1.27. The van der Waals surface area contributed by atoms with Crippen LogP contribution in [0.3, 0.4) is 0 Å². The first-order valence-corrected chi connectivity index (χ1v) is 19.2. The van der Waals surface area contributed by atoms with Crippen molar-refractivity contribution < 1.29 is 28.7 Å². The number of H-pyrrole nitrogens is 2. The number of ether oxygens (including phenoxy) is 2. The molecule has 14 heteroatoms. The van der Waals surface area contributed by atoms with Gasteiger partial charge in [-0.25, -0.2) is 19.6 Å². The van der Waals surface area contributed by atoms with E-state index in [0.29, 0.717) is 36.1 Å². The number of aromatic amines is 2. The maximum Gasteiger partial charge on any atom is 0.407 e. The smallest absolute Gasteiger partial charge is 0.407 e. The number of aromatic nitrogens is 4. The molecule has 5 rings (SSSR count). The molecule has 0 saturated carbocycles. The van der Waals surface area contributed by atoms with Crippen LogP contribution >= 0.6 is 0 Å². The van der Waals surface area contributed by atoms with E-state index in [1.165, 1.54) is 14.2 Å². The van der Waals surface area contributed by atoms with Crippen LogP contribution < -0.4 is 10.6 Å². The van der Waals surface area contributed by atoms with Crippen molar-refractivity contribution in [3.63, 3.8) is 0 Å². The number of rotatable bonds is 8. The average molecular weight is 767 g/mol. The third kappa shape index (κ3) is 9.54. The molecule has 1 aromatic carbocycles. The minimum Gasteiger partial charge on any atom is -0.453 e. The molecule has 2 saturated heterocycles. The zero-order chi connectivity index (χ0) is 40.8. The predicted molar refractivity (Wildman–Crippen MR) is 210 cm³/mol. The van der Waals surface area contributed by atoms with E-state index in [-0.39, 0.29) is 47.6 Å². The van der Waals surface area contributed by atoms with Crippen LogP contribution in [0.2, 0.25) is 0 Å². The highest BCUT2D eigenvalue weighted by molar-refractivity contribution is 5.87. The molecule has 0 radical (unpaired) electrons. The van der Waals surface area contributed by atoms with Crippen molar-refractivity contribution in [2.45, 2.75) is 92.4 Å². The van der Waals surface area contributed by atoms with E-state index in [9.17, 15) is 19.2 Å². The normalized spacial score (nSPS) is 20.1. The van der Waals surface area contributed by atoms with Gasteiger partial charge >= 0.3 is 12.2 Å². The van der Waals surface area contributed by atoms with Crippen molar-refractivity contribution in [3.05, 3.63) is 69.8 Å². The van der Waals surface area contributed by atoms with Gasteiger partial charge < -0.3 is 39.9 Å². The molecule has 4 heterocycles. The van der Waals surface area contributed by atoms with Crippen molar-refractivity contribution in [3.8, 4) is 23.7 Å². The maximum atomic E-state index is 13.7. The van der Waals surface area contributed by atoms with Gasteiger partial charge in [-0.3, -0.25) is 9.59 Å². The Morgan fingerprint density at radius 2 is 1.04 bits per heavy atom. The number of amides is 4. The molecule has 6 atom stereocenters. The Morgan fingerprint density at radius 3 is 1.36 bits per heavy atom. The number of nitrogens with zero attached hydrogens (tertiary/aromatic N) is 4. The van der Waals surface area contributed by atoms with Gasteiger partial charge in [0.2, 0.25) is 11.8 Å². The lowest BCUT2D eigenvalue weighted by Crippen LogP contribution is -2.51. The summed E-state index contributed by atoms with van der Waals surface area (Å²) < 4.78 is 9.53. The molecule has 0 bridgehead atoms. The van der Waals surface area contributed by atoms with E-state index in [4.69, 9.17) is 19.4 Å². The number of likely N-dealkylation sites (tertiary alicyclic amines) is 2. The van der Waals surface area contributed by atoms with Crippen molar-refractivity contribution in [2.75, 3.05) is 27.3 Å². The number of hydrogen-bond donors (Lipinski definition) is 4. The summed E-state index contributed by atoms with van der Waals surface area (Å²) in [5.41, 5.74) is 4.40. The summed E-state index contributed by atoms with van der Waals surface area (Å²) in [7, 11) is 2.56. The van der Waals surface area contributed by atoms with Crippen LogP contribution in [0.4, 0.5) is 9.59 Å². The molecule has 0 spiro atoms. The quantitative estimate of drug-likeness (QED) is 0.229. The lowest BCUT2D eigenvalue weighted by molar-refractivity contribution is -0.136. The molecule has 0 aliphatic carbocycles. The Bertz CT molecular complexity index is 1900. The maximum absolute atomic E-state index is 13.7. The first-order valence-electron chi connectivity index (χ1n) is 19.2. The SMILES string of the molecule is COC(=O)NC(C(=O)N1CC(C)CC1c1nc(C#Cc2ccc(C#Cc3nc(C4CC(C)CN4C(=O)C(NC(=O)OC)C(C)C)[nH]c3C)cc2)c(C)[nH]1)C(C)C. The van der Waals surface area contributed by atoms with Gasteiger partial charge in [0, 0.05) is 35.6 Å². The van der Waals surface area contributed by atoms with Crippen molar-refractivity contribution >= 4 is 24.0 Å². The Kier molecular flexibility index (Phi) is 13.2. The van der Waals surface area contributed by atoms with Crippen LogP contribution in [-0.4, -0.2) is 93.1 Å². The van der Waals surface area contributed by atoms with Crippen LogP contribution in [-0.2, 0) is 19.1 Å². The molecular weight excluding hydrogens is 713 g/mol. The molecule has 6 unspecified atom stereocenters. The average Bonchev–Trinajstić information content (AvgIpc) is 3.95. The van der Waals surface area contributed by atoms with Crippen molar-refractivity contribution in [1.29, 1.82) is 0 Å². The number of carbonyl (C=O) groups is 4. The first-order chi connectivity index (χ1) is 26.6. The van der Waals surface area contributed by atoms with Crippen LogP contribution in [0.25, 0.3) is 0 Å². The largest absolute Gasteiger partial charge is 0.453 e. The summed E-state index contributed by atoms with van der Waals surface area (Å²) >= 11 is 0. The fourth-order valence-electron chi connectivity index (χ4n) is 7.28. The first kappa shape index (κ1) is 41.4. The molecule has 4 N–H and O–H groups in total. The fraction of sp³-hybridized carbons (Fsp3) is 0.524. The molecular formula is C42H54N8O6. The molecule has 56 heavy (non-hydrogen) atoms. The molecule has 298 valence electrons. The summed E-state index contributed by atoms with van der Waals surface area (Å²) in [4.78, 5) is 71.2. The predicted octanol–water partition coefficient (Wildman–Crippen LogP) is 5.13. The number of imidazole rings is 2. The van der Waals surface area contributed by atoms with Gasteiger partial charge in [0.25, 0.3) is 0 Å².